The van der Waals surface area contributed by atoms with Crippen LogP contribution in [-0.2, 0) is 118 Å². The Kier molecular flexibility index (Phi) is 43.9. The summed E-state index contributed by atoms with van der Waals surface area (Å²) in [5.41, 5.74) is 1.54. The molecule has 6 rings (SSSR count). The SMILES string of the molecule is COC(CC(=O)N1CCC[C@H]1[C@H](OC)[C@@H](C)C(=O)C[C@@H](Cc1ccccc1)C(=O)O)[C@H](C(C)C)N(C)C(=O)[C@@H](CC(=O)[C@H](C(C)C)N(C)C(=O)CCN(C(=O)CCN1C(=O)C=CC1=O)N(CCC(=O)N(C)[C@H](C(=O)C[C@H](C(=O)N(C)[C@@H](C(C)C)C(CC(=O)N1CCC[C@H]1[C@H](OC)[C@@H](C)C(=O)C[C@@H](Cc1ccccc1)C(=O)O)OC)C(C)C)C(C)C)C(=O)CCN1C(=O)C=CC1=O)C(C)C. The van der Waals surface area contributed by atoms with Crippen molar-refractivity contribution in [1.29, 1.82) is 0 Å². The first-order chi connectivity index (χ1) is 63.1. The van der Waals surface area contributed by atoms with Crippen molar-refractivity contribution in [3.63, 3.8) is 0 Å². The number of Topliss-reactive ketones (excluding diaryl/α,β-unsaturated/α-hetero) is 4. The van der Waals surface area contributed by atoms with Crippen LogP contribution in [0.1, 0.15) is 198 Å². The Labute approximate surface area is 790 Å². The van der Waals surface area contributed by atoms with E-state index in [2.05, 4.69) is 0 Å². The molecule has 2 unspecified atom stereocenters. The molecule has 2 saturated heterocycles. The van der Waals surface area contributed by atoms with E-state index in [9.17, 15) is 58.2 Å². The number of hydrogen-bond donors (Lipinski definition) is 2. The van der Waals surface area contributed by atoms with Crippen molar-refractivity contribution in [1.82, 2.24) is 49.2 Å². The van der Waals surface area contributed by atoms with E-state index in [0.717, 1.165) is 55.2 Å². The summed E-state index contributed by atoms with van der Waals surface area (Å²) in [6.07, 6.45) is -0.978. The maximum atomic E-state index is 15.2. The van der Waals surface area contributed by atoms with Crippen molar-refractivity contribution in [3.05, 3.63) is 96.1 Å². The molecule has 0 aromatic heterocycles. The van der Waals surface area contributed by atoms with Gasteiger partial charge in [-0.3, -0.25) is 106 Å². The zero-order valence-electron chi connectivity index (χ0n) is 82.7. The number of carbonyl (C=O) groups is 18. The summed E-state index contributed by atoms with van der Waals surface area (Å²) in [5.74, 6) is -20.1. The topological polar surface area (TPSA) is 417 Å². The van der Waals surface area contributed by atoms with Crippen LogP contribution in [-0.4, -0.2) is 322 Å². The highest BCUT2D eigenvalue weighted by atomic mass is 16.5. The zero-order valence-corrected chi connectivity index (χ0v) is 82.7. The fourth-order valence-electron chi connectivity index (χ4n) is 19.9. The van der Waals surface area contributed by atoms with E-state index in [1.807, 2.05) is 39.8 Å². The number of aliphatic carboxylic acids is 2. The monoisotopic (exact) mass is 1870 g/mol. The maximum absolute atomic E-state index is 15.2. The molecule has 0 saturated carbocycles. The summed E-state index contributed by atoms with van der Waals surface area (Å²) < 4.78 is 24.2. The Hall–Kier alpha value is -10.6. The van der Waals surface area contributed by atoms with E-state index < -0.39 is 254 Å². The maximum Gasteiger partial charge on any atom is 0.307 e. The molecule has 134 heavy (non-hydrogen) atoms. The number of ketones is 4. The molecule has 34 nitrogen and oxygen atoms in total. The number of carboxylic acid groups (broad SMARTS) is 2. The number of carboxylic acids is 2. The number of amides is 12. The van der Waals surface area contributed by atoms with Crippen LogP contribution in [0.5, 0.6) is 0 Å². The Morgan fingerprint density at radius 3 is 0.963 bits per heavy atom. The molecule has 2 aromatic carbocycles. The average Bonchev–Trinajstić information content (AvgIpc) is 1.45. The minimum atomic E-state index is -1.21. The molecule has 2 fully saturated rings. The van der Waals surface area contributed by atoms with E-state index in [-0.39, 0.29) is 86.6 Å². The third-order valence-electron chi connectivity index (χ3n) is 27.3. The number of rotatable bonds is 56. The minimum absolute atomic E-state index is 0.147. The van der Waals surface area contributed by atoms with Gasteiger partial charge in [0.15, 0.2) is 11.6 Å². The molecule has 4 aliphatic rings. The number of carbonyl (C=O) groups excluding carboxylic acids is 16. The van der Waals surface area contributed by atoms with Crippen molar-refractivity contribution in [2.75, 3.05) is 95.9 Å². The molecule has 34 heteroatoms. The van der Waals surface area contributed by atoms with Crippen molar-refractivity contribution in [2.24, 2.45) is 71.0 Å². The highest BCUT2D eigenvalue weighted by Crippen LogP contribution is 2.36. The van der Waals surface area contributed by atoms with E-state index >= 15 is 38.4 Å². The van der Waals surface area contributed by atoms with E-state index in [1.165, 1.54) is 62.1 Å². The van der Waals surface area contributed by atoms with Crippen LogP contribution in [0.15, 0.2) is 85.0 Å². The fraction of sp³-hybridized carbons (Fsp3) is 0.660. The molecular formula is C100H148N10O24. The highest BCUT2D eigenvalue weighted by Gasteiger charge is 2.48. The standard InChI is InChI=1S/C100H148N10O24/c1-59(2)71(97(125)103(17)93(63(9)10)79(131-19)57-89(123)105-45-29-35-73(105)95(133-21)65(13)75(111)53-69(99(127)128)51-67-31-25-23-26-32-67)55-77(113)91(61(5)6)101(15)81(115)43-49-109(87(121)41-47-107-83(117)37-38-84(107)118)110(88(122)42-48-108-85(119)39-40-86(108)120)50-44-82(116)102(16)92(62(7)8)78(114)56-72(60(3)4)98(126)104(18)94(64(11)12)80(132-20)58-90(124)106-46-30-36-74(106)96(134-22)66(14)76(112)54-70(100(129)130)52-68-33-27-24-28-34-68/h23-28,31-34,37-40,59-66,69-74,79-80,91-96H,29-30,35-36,41-58H2,1-22H3,(H,127,128)(H,129,130)/t65-,66-,69+,70+,71-,72-,73-,74-,79?,80?,91-,92-,93-,94-,95+,96+/m0/s1. The molecule has 0 radical (unpaired) electrons. The molecule has 12 amide bonds. The number of imide groups is 2. The Balaban J connectivity index is 1.20. The van der Waals surface area contributed by atoms with Crippen LogP contribution in [0.4, 0.5) is 0 Å². The Bertz CT molecular complexity index is 4180. The first kappa shape index (κ1) is 112. The Morgan fingerprint density at radius 2 is 0.694 bits per heavy atom. The number of likely N-dealkylation sites (N-methyl/N-ethyl adjacent to an activating group) is 4. The predicted molar refractivity (Wildman–Crippen MR) is 497 cm³/mol. The van der Waals surface area contributed by atoms with Gasteiger partial charge in [0, 0.05) is 182 Å². The summed E-state index contributed by atoms with van der Waals surface area (Å²) in [5, 5.41) is 22.1. The molecule has 0 bridgehead atoms. The first-order valence-corrected chi connectivity index (χ1v) is 47.2. The lowest BCUT2D eigenvalue weighted by Crippen LogP contribution is -2.55. The Morgan fingerprint density at radius 1 is 0.381 bits per heavy atom. The van der Waals surface area contributed by atoms with E-state index in [1.54, 1.807) is 142 Å². The highest BCUT2D eigenvalue weighted by molar-refractivity contribution is 6.14. The van der Waals surface area contributed by atoms with Gasteiger partial charge in [-0.2, -0.15) is 0 Å². The van der Waals surface area contributed by atoms with Gasteiger partial charge in [0.25, 0.3) is 23.6 Å². The fourth-order valence-corrected chi connectivity index (χ4v) is 19.9. The number of benzene rings is 2. The first-order valence-electron chi connectivity index (χ1n) is 47.2. The number of hydrazine groups is 1. The number of methoxy groups -OCH3 is 4. The van der Waals surface area contributed by atoms with Gasteiger partial charge in [0.05, 0.1) is 98.4 Å². The van der Waals surface area contributed by atoms with Crippen LogP contribution in [0.3, 0.4) is 0 Å². The van der Waals surface area contributed by atoms with Gasteiger partial charge in [-0.1, -0.05) is 158 Å². The molecule has 16 atom stereocenters. The second-order valence-corrected chi connectivity index (χ2v) is 38.5. The number of likely N-dealkylation sites (tertiary alicyclic amines) is 2. The summed E-state index contributed by atoms with van der Waals surface area (Å²) in [6, 6.07) is 13.0. The average molecular weight is 1870 g/mol. The van der Waals surface area contributed by atoms with Crippen LogP contribution >= 0.6 is 0 Å². The third kappa shape index (κ3) is 29.7. The van der Waals surface area contributed by atoms with Gasteiger partial charge in [0.2, 0.25) is 47.3 Å². The van der Waals surface area contributed by atoms with Gasteiger partial charge < -0.3 is 58.6 Å². The molecule has 4 aliphatic heterocycles. The quantitative estimate of drug-likeness (QED) is 0.0464. The van der Waals surface area contributed by atoms with Crippen LogP contribution < -0.4 is 0 Å². The van der Waals surface area contributed by atoms with Crippen LogP contribution in [0, 0.1) is 71.0 Å². The zero-order chi connectivity index (χ0) is 100. The number of hydrogen-bond acceptors (Lipinski definition) is 22. The lowest BCUT2D eigenvalue weighted by molar-refractivity contribution is -0.167. The summed E-state index contributed by atoms with van der Waals surface area (Å²) >= 11 is 0. The summed E-state index contributed by atoms with van der Waals surface area (Å²) in [7, 11) is 11.7. The van der Waals surface area contributed by atoms with Gasteiger partial charge in [0.1, 0.15) is 11.6 Å². The van der Waals surface area contributed by atoms with Crippen LogP contribution in [0.2, 0.25) is 0 Å². The lowest BCUT2D eigenvalue weighted by atomic mass is 9.84. The molecule has 0 spiro atoms. The molecule has 2 N–H and O–H groups in total. The molecular weight excluding hydrogens is 1730 g/mol. The normalized spacial score (nSPS) is 18.3. The lowest BCUT2D eigenvalue weighted by Gasteiger charge is -2.40. The number of nitrogens with zero attached hydrogens (tertiary/aromatic N) is 10. The van der Waals surface area contributed by atoms with Gasteiger partial charge in [-0.25, -0.2) is 0 Å². The van der Waals surface area contributed by atoms with Gasteiger partial charge in [-0.15, -0.1) is 0 Å². The molecule has 742 valence electrons. The summed E-state index contributed by atoms with van der Waals surface area (Å²) in [6.45, 7) is 23.1. The van der Waals surface area contributed by atoms with Gasteiger partial charge >= 0.3 is 11.9 Å². The van der Waals surface area contributed by atoms with Crippen molar-refractivity contribution < 1.29 is 115 Å². The predicted octanol–water partition coefficient (Wildman–Crippen LogP) is 8.26. The van der Waals surface area contributed by atoms with Gasteiger partial charge in [-0.05, 0) is 85.2 Å². The van der Waals surface area contributed by atoms with Crippen LogP contribution in [0.25, 0.3) is 0 Å². The largest absolute Gasteiger partial charge is 0.481 e. The summed E-state index contributed by atoms with van der Waals surface area (Å²) in [4.78, 5) is 265. The number of ether oxygens (including phenoxy) is 4. The van der Waals surface area contributed by atoms with E-state index in [4.69, 9.17) is 18.9 Å². The molecule has 2 aromatic rings. The molecule has 4 heterocycles. The van der Waals surface area contributed by atoms with Crippen molar-refractivity contribution in [2.45, 2.75) is 260 Å². The smallest absolute Gasteiger partial charge is 0.307 e. The van der Waals surface area contributed by atoms with Crippen molar-refractivity contribution >= 4 is 106 Å². The second kappa shape index (κ2) is 52.5. The van der Waals surface area contributed by atoms with E-state index in [0.29, 0.717) is 38.8 Å². The second-order valence-electron chi connectivity index (χ2n) is 38.5. The minimum Gasteiger partial charge on any atom is -0.481 e. The molecule has 0 aliphatic carbocycles. The third-order valence-corrected chi connectivity index (χ3v) is 27.3. The van der Waals surface area contributed by atoms with Crippen molar-refractivity contribution in [3.8, 4) is 0 Å².